The van der Waals surface area contributed by atoms with E-state index < -0.39 is 0 Å². The van der Waals surface area contributed by atoms with Crippen LogP contribution in [0.3, 0.4) is 0 Å². The number of hydrogen-bond donors (Lipinski definition) is 1. The first kappa shape index (κ1) is 14.0. The quantitative estimate of drug-likeness (QED) is 0.752. The summed E-state index contributed by atoms with van der Waals surface area (Å²) in [5.74, 6) is 0.909. The SMILES string of the molecule is CCOCC(C)NCCc1ccc(OC)cc1. The molecule has 0 aliphatic rings. The molecule has 0 spiro atoms. The van der Waals surface area contributed by atoms with Crippen molar-refractivity contribution >= 4 is 0 Å². The molecule has 1 N–H and O–H groups in total. The highest BCUT2D eigenvalue weighted by Gasteiger charge is 2.00. The van der Waals surface area contributed by atoms with E-state index in [4.69, 9.17) is 9.47 Å². The van der Waals surface area contributed by atoms with Crippen molar-refractivity contribution in [3.63, 3.8) is 0 Å². The Morgan fingerprint density at radius 2 is 1.94 bits per heavy atom. The van der Waals surface area contributed by atoms with Crippen LogP contribution in [0.25, 0.3) is 0 Å². The van der Waals surface area contributed by atoms with Crippen LogP contribution in [0.5, 0.6) is 5.75 Å². The second kappa shape index (κ2) is 8.09. The van der Waals surface area contributed by atoms with E-state index in [1.807, 2.05) is 19.1 Å². The Labute approximate surface area is 104 Å². The van der Waals surface area contributed by atoms with Gasteiger partial charge < -0.3 is 14.8 Å². The maximum Gasteiger partial charge on any atom is 0.118 e. The van der Waals surface area contributed by atoms with Crippen molar-refractivity contribution in [2.75, 3.05) is 26.9 Å². The second-order valence-electron chi connectivity index (χ2n) is 4.11. The lowest BCUT2D eigenvalue weighted by molar-refractivity contribution is 0.127. The fourth-order valence-electron chi connectivity index (χ4n) is 1.61. The number of nitrogens with one attached hydrogen (secondary N) is 1. The number of benzene rings is 1. The van der Waals surface area contributed by atoms with E-state index in [2.05, 4.69) is 24.4 Å². The number of rotatable bonds is 8. The van der Waals surface area contributed by atoms with Crippen molar-refractivity contribution in [2.45, 2.75) is 26.3 Å². The molecule has 0 saturated heterocycles. The Morgan fingerprint density at radius 3 is 2.53 bits per heavy atom. The van der Waals surface area contributed by atoms with Gasteiger partial charge in [-0.2, -0.15) is 0 Å². The van der Waals surface area contributed by atoms with E-state index >= 15 is 0 Å². The molecule has 3 nitrogen and oxygen atoms in total. The molecule has 0 amide bonds. The molecule has 0 fully saturated rings. The van der Waals surface area contributed by atoms with Crippen LogP contribution < -0.4 is 10.1 Å². The predicted octanol–water partition coefficient (Wildman–Crippen LogP) is 2.25. The van der Waals surface area contributed by atoms with Crippen LogP contribution in [0.1, 0.15) is 19.4 Å². The molecular weight excluding hydrogens is 214 g/mol. The fourth-order valence-corrected chi connectivity index (χ4v) is 1.61. The van der Waals surface area contributed by atoms with Crippen molar-refractivity contribution in [2.24, 2.45) is 0 Å². The molecule has 1 aromatic rings. The minimum absolute atomic E-state index is 0.410. The molecule has 17 heavy (non-hydrogen) atoms. The van der Waals surface area contributed by atoms with Crippen LogP contribution >= 0.6 is 0 Å². The Morgan fingerprint density at radius 1 is 1.24 bits per heavy atom. The summed E-state index contributed by atoms with van der Waals surface area (Å²) in [6.07, 6.45) is 1.03. The molecule has 0 aliphatic heterocycles. The van der Waals surface area contributed by atoms with Gasteiger partial charge in [0.15, 0.2) is 0 Å². The van der Waals surface area contributed by atoms with Crippen LogP contribution in [-0.4, -0.2) is 32.9 Å². The maximum atomic E-state index is 5.35. The third-order valence-electron chi connectivity index (χ3n) is 2.64. The van der Waals surface area contributed by atoms with E-state index in [0.29, 0.717) is 6.04 Å². The fraction of sp³-hybridized carbons (Fsp3) is 0.571. The third kappa shape index (κ3) is 5.71. The van der Waals surface area contributed by atoms with Gasteiger partial charge in [-0.15, -0.1) is 0 Å². The molecular formula is C14H23NO2. The van der Waals surface area contributed by atoms with E-state index in [9.17, 15) is 0 Å². The Bertz CT molecular complexity index is 298. The maximum absolute atomic E-state index is 5.35. The molecule has 1 unspecified atom stereocenters. The van der Waals surface area contributed by atoms with Crippen molar-refractivity contribution in [3.05, 3.63) is 29.8 Å². The highest BCUT2D eigenvalue weighted by molar-refractivity contribution is 5.27. The highest BCUT2D eigenvalue weighted by Crippen LogP contribution is 2.11. The van der Waals surface area contributed by atoms with Crippen molar-refractivity contribution in [1.82, 2.24) is 5.32 Å². The molecule has 96 valence electrons. The number of ether oxygens (including phenoxy) is 2. The Balaban J connectivity index is 2.21. The minimum atomic E-state index is 0.410. The minimum Gasteiger partial charge on any atom is -0.497 e. The third-order valence-corrected chi connectivity index (χ3v) is 2.64. The summed E-state index contributed by atoms with van der Waals surface area (Å²) in [7, 11) is 1.69. The summed E-state index contributed by atoms with van der Waals surface area (Å²) >= 11 is 0. The zero-order valence-corrected chi connectivity index (χ0v) is 11.0. The van der Waals surface area contributed by atoms with Crippen LogP contribution in [0.15, 0.2) is 24.3 Å². The summed E-state index contributed by atoms with van der Waals surface area (Å²) in [5.41, 5.74) is 1.32. The lowest BCUT2D eigenvalue weighted by Gasteiger charge is -2.13. The van der Waals surface area contributed by atoms with Gasteiger partial charge in [0.25, 0.3) is 0 Å². The van der Waals surface area contributed by atoms with Gasteiger partial charge in [0.2, 0.25) is 0 Å². The van der Waals surface area contributed by atoms with Crippen LogP contribution in [0, 0.1) is 0 Å². The molecule has 0 heterocycles. The van der Waals surface area contributed by atoms with E-state index in [-0.39, 0.29) is 0 Å². The summed E-state index contributed by atoms with van der Waals surface area (Å²) in [6, 6.07) is 8.62. The highest BCUT2D eigenvalue weighted by atomic mass is 16.5. The van der Waals surface area contributed by atoms with Crippen LogP contribution in [-0.2, 0) is 11.2 Å². The van der Waals surface area contributed by atoms with Gasteiger partial charge in [0, 0.05) is 12.6 Å². The molecule has 0 aromatic heterocycles. The van der Waals surface area contributed by atoms with Gasteiger partial charge in [0.05, 0.1) is 13.7 Å². The van der Waals surface area contributed by atoms with Crippen LogP contribution in [0.2, 0.25) is 0 Å². The summed E-state index contributed by atoms with van der Waals surface area (Å²) in [4.78, 5) is 0. The lowest BCUT2D eigenvalue weighted by atomic mass is 10.1. The summed E-state index contributed by atoms with van der Waals surface area (Å²) in [6.45, 7) is 6.69. The predicted molar refractivity (Wildman–Crippen MR) is 70.7 cm³/mol. The van der Waals surface area contributed by atoms with Gasteiger partial charge in [0.1, 0.15) is 5.75 Å². The molecule has 3 heteroatoms. The number of hydrogen-bond acceptors (Lipinski definition) is 3. The Hall–Kier alpha value is -1.06. The first-order chi connectivity index (χ1) is 8.26. The summed E-state index contributed by atoms with van der Waals surface area (Å²) < 4.78 is 10.5. The van der Waals surface area contributed by atoms with Gasteiger partial charge in [-0.3, -0.25) is 0 Å². The topological polar surface area (TPSA) is 30.5 Å². The molecule has 1 rings (SSSR count). The average molecular weight is 237 g/mol. The summed E-state index contributed by atoms with van der Waals surface area (Å²) in [5, 5.41) is 3.44. The van der Waals surface area contributed by atoms with Gasteiger partial charge in [-0.25, -0.2) is 0 Å². The van der Waals surface area contributed by atoms with E-state index in [1.165, 1.54) is 5.56 Å². The first-order valence-electron chi connectivity index (χ1n) is 6.20. The average Bonchev–Trinajstić information content (AvgIpc) is 2.37. The first-order valence-corrected chi connectivity index (χ1v) is 6.20. The molecule has 1 aromatic carbocycles. The van der Waals surface area contributed by atoms with Gasteiger partial charge in [-0.05, 0) is 44.5 Å². The molecule has 0 bridgehead atoms. The monoisotopic (exact) mass is 237 g/mol. The van der Waals surface area contributed by atoms with Crippen molar-refractivity contribution in [1.29, 1.82) is 0 Å². The zero-order chi connectivity index (χ0) is 12.5. The normalized spacial score (nSPS) is 12.4. The standard InChI is InChI=1S/C14H23NO2/c1-4-17-11-12(2)15-10-9-13-5-7-14(16-3)8-6-13/h5-8,12,15H,4,9-11H2,1-3H3. The van der Waals surface area contributed by atoms with Gasteiger partial charge >= 0.3 is 0 Å². The second-order valence-corrected chi connectivity index (χ2v) is 4.11. The molecule has 0 radical (unpaired) electrons. The van der Waals surface area contributed by atoms with Crippen molar-refractivity contribution in [3.8, 4) is 5.75 Å². The van der Waals surface area contributed by atoms with E-state index in [1.54, 1.807) is 7.11 Å². The van der Waals surface area contributed by atoms with E-state index in [0.717, 1.165) is 31.9 Å². The largest absolute Gasteiger partial charge is 0.497 e. The van der Waals surface area contributed by atoms with Crippen LogP contribution in [0.4, 0.5) is 0 Å². The van der Waals surface area contributed by atoms with Crippen molar-refractivity contribution < 1.29 is 9.47 Å². The molecule has 1 atom stereocenters. The van der Waals surface area contributed by atoms with Gasteiger partial charge in [-0.1, -0.05) is 12.1 Å². The number of methoxy groups -OCH3 is 1. The molecule has 0 aliphatic carbocycles. The Kier molecular flexibility index (Phi) is 6.67. The smallest absolute Gasteiger partial charge is 0.118 e. The molecule has 0 saturated carbocycles. The lowest BCUT2D eigenvalue weighted by Crippen LogP contribution is -2.32. The zero-order valence-electron chi connectivity index (χ0n) is 11.0.